The second-order valence-electron chi connectivity index (χ2n) is 19.9. The minimum absolute atomic E-state index is 0.0371. The molecular weight excluding hydrogens is 886 g/mol. The molecule has 3 heterocycles. The van der Waals surface area contributed by atoms with Crippen LogP contribution in [0.2, 0.25) is 0 Å². The van der Waals surface area contributed by atoms with E-state index in [9.17, 15) is 53.6 Å². The lowest BCUT2D eigenvalue weighted by Crippen LogP contribution is -2.66. The molecule has 3 aliphatic rings. The Morgan fingerprint density at radius 1 is 0.985 bits per heavy atom. The maximum absolute atomic E-state index is 14.4. The van der Waals surface area contributed by atoms with Gasteiger partial charge in [0.25, 0.3) is 0 Å². The molecule has 3 aliphatic heterocycles. The van der Waals surface area contributed by atoms with Gasteiger partial charge in [0.15, 0.2) is 12.6 Å². The standard InChI is InChI=1S/C47H75F3N4O13/c1-14-34-45(10,60)38(56)29(6)52-24-25(2)22-43(8,59)39(27(4)37(28(5)40(57)65-34)66-35-23-44(9,62-13)46(61,19-20-51)30(7)64-35)67-41-36(55)33(21-26(3)63-41)54(12)42(58)53(11)32-17-15-31(16-18-32)47(48,49)50/h15-18,25-30,33-39,41,52,55-56,59-61H,14,19,21-24H2,1-13H3/t25-,26-,27+,28-,29-,30+,33+,34-,35+,36-,37+,38-,39-,41+,43-,44-,45-,46+/m1/s1. The van der Waals surface area contributed by atoms with Crippen molar-refractivity contribution in [2.75, 3.05) is 32.6 Å². The summed E-state index contributed by atoms with van der Waals surface area (Å²) in [5.74, 6) is -3.38. The van der Waals surface area contributed by atoms with E-state index in [1.165, 1.54) is 59.0 Å². The molecule has 0 unspecified atom stereocenters. The van der Waals surface area contributed by atoms with Gasteiger partial charge in [-0.05, 0) is 104 Å². The summed E-state index contributed by atoms with van der Waals surface area (Å²) in [4.78, 5) is 30.7. The van der Waals surface area contributed by atoms with E-state index in [0.29, 0.717) is 0 Å². The lowest BCUT2D eigenvalue weighted by atomic mass is 9.73. The van der Waals surface area contributed by atoms with Gasteiger partial charge in [-0.3, -0.25) is 9.69 Å². The van der Waals surface area contributed by atoms with E-state index in [2.05, 4.69) is 5.32 Å². The number of likely N-dealkylation sites (N-methyl/N-ethyl adjacent to an activating group) is 1. The van der Waals surface area contributed by atoms with Gasteiger partial charge in [-0.1, -0.05) is 20.8 Å². The third kappa shape index (κ3) is 12.2. The van der Waals surface area contributed by atoms with Crippen LogP contribution in [0.3, 0.4) is 0 Å². The number of halogens is 3. The second kappa shape index (κ2) is 21.8. The largest absolute Gasteiger partial charge is 0.459 e. The first kappa shape index (κ1) is 56.4. The smallest absolute Gasteiger partial charge is 0.416 e. The van der Waals surface area contributed by atoms with Gasteiger partial charge in [-0.2, -0.15) is 18.4 Å². The van der Waals surface area contributed by atoms with Crippen molar-refractivity contribution in [2.45, 2.75) is 197 Å². The van der Waals surface area contributed by atoms with E-state index in [4.69, 9.17) is 28.4 Å². The molecule has 67 heavy (non-hydrogen) atoms. The topological polar surface area (TPSA) is 233 Å². The Balaban J connectivity index is 1.79. The number of esters is 1. The highest BCUT2D eigenvalue weighted by atomic mass is 19.4. The van der Waals surface area contributed by atoms with Gasteiger partial charge in [0.2, 0.25) is 0 Å². The number of aliphatic hydroxyl groups excluding tert-OH is 2. The average Bonchev–Trinajstić information content (AvgIpc) is 3.26. The number of carbonyl (C=O) groups excluding carboxylic acids is 2. The molecule has 20 heteroatoms. The molecule has 0 radical (unpaired) electrons. The Morgan fingerprint density at radius 3 is 2.15 bits per heavy atom. The van der Waals surface area contributed by atoms with Gasteiger partial charge in [0.05, 0.1) is 60.0 Å². The third-order valence-corrected chi connectivity index (χ3v) is 14.5. The third-order valence-electron chi connectivity index (χ3n) is 14.5. The Labute approximate surface area is 392 Å². The van der Waals surface area contributed by atoms with Crippen LogP contribution in [0.4, 0.5) is 23.7 Å². The number of aliphatic hydroxyl groups is 5. The van der Waals surface area contributed by atoms with Crippen molar-refractivity contribution in [3.05, 3.63) is 29.8 Å². The van der Waals surface area contributed by atoms with Crippen LogP contribution in [0.5, 0.6) is 0 Å². The molecule has 1 aromatic rings. The molecule has 0 spiro atoms. The Hall–Kier alpha value is -3.20. The molecule has 0 aliphatic carbocycles. The fourth-order valence-electron chi connectivity index (χ4n) is 10.1. The quantitative estimate of drug-likeness (QED) is 0.187. The number of urea groups is 1. The summed E-state index contributed by atoms with van der Waals surface area (Å²) in [5.41, 5.74) is -7.60. The van der Waals surface area contributed by atoms with E-state index in [1.54, 1.807) is 41.5 Å². The zero-order valence-electron chi connectivity index (χ0n) is 41.1. The summed E-state index contributed by atoms with van der Waals surface area (Å²) in [6.07, 6.45) is -15.9. The molecule has 18 atom stereocenters. The molecule has 2 amide bonds. The lowest BCUT2D eigenvalue weighted by Gasteiger charge is -2.53. The normalized spacial score (nSPS) is 41.8. The van der Waals surface area contributed by atoms with Crippen LogP contribution in [-0.2, 0) is 39.4 Å². The molecular formula is C47H75F3N4O13. The highest BCUT2D eigenvalue weighted by Gasteiger charge is 2.58. The SMILES string of the molecule is CC[C@H]1OC(=O)[C@H](C)[C@@H](O[C@H]2C[C@@](C)(OC)[C@](O)(CC#N)[C@H](C)O2)[C@H](C)[C@@H](O[C@@H]2O[C@H](C)C[C@H](N(C)C(=O)N(C)c3ccc(C(F)(F)F)cc3)[C@H]2O)[C@](C)(O)C[C@@H](C)CN[C@H](C)[C@@H](O)[C@]1(C)O. The Kier molecular flexibility index (Phi) is 18.4. The number of rotatable bonds is 9. The van der Waals surface area contributed by atoms with Crippen LogP contribution in [0.15, 0.2) is 24.3 Å². The van der Waals surface area contributed by atoms with Crippen molar-refractivity contribution in [1.29, 1.82) is 5.26 Å². The van der Waals surface area contributed by atoms with E-state index < -0.39 is 125 Å². The fourth-order valence-corrected chi connectivity index (χ4v) is 10.1. The highest BCUT2D eigenvalue weighted by Crippen LogP contribution is 2.45. The maximum atomic E-state index is 14.4. The fraction of sp³-hybridized carbons (Fsp3) is 0.809. The monoisotopic (exact) mass is 961 g/mol. The van der Waals surface area contributed by atoms with Gasteiger partial charge >= 0.3 is 18.2 Å². The predicted octanol–water partition coefficient (Wildman–Crippen LogP) is 4.49. The summed E-state index contributed by atoms with van der Waals surface area (Å²) >= 11 is 0. The van der Waals surface area contributed by atoms with Gasteiger partial charge in [0.1, 0.15) is 35.1 Å². The molecule has 6 N–H and O–H groups in total. The number of benzene rings is 1. The number of hydrogen-bond acceptors (Lipinski definition) is 15. The molecule has 3 fully saturated rings. The van der Waals surface area contributed by atoms with Crippen molar-refractivity contribution in [3.8, 4) is 6.07 Å². The number of nitrogens with one attached hydrogen (secondary N) is 1. The molecule has 0 bridgehead atoms. The summed E-state index contributed by atoms with van der Waals surface area (Å²) in [6.45, 7) is 16.5. The molecule has 17 nitrogen and oxygen atoms in total. The van der Waals surface area contributed by atoms with E-state index in [1.807, 2.05) is 13.0 Å². The minimum atomic E-state index is -4.58. The first-order valence-corrected chi connectivity index (χ1v) is 23.1. The van der Waals surface area contributed by atoms with Gasteiger partial charge in [-0.15, -0.1) is 0 Å². The Bertz CT molecular complexity index is 1850. The van der Waals surface area contributed by atoms with E-state index in [0.717, 1.165) is 17.0 Å². The molecule has 382 valence electrons. The van der Waals surface area contributed by atoms with Crippen molar-refractivity contribution >= 4 is 17.7 Å². The van der Waals surface area contributed by atoms with Crippen molar-refractivity contribution in [1.82, 2.24) is 10.2 Å². The Morgan fingerprint density at radius 2 is 1.60 bits per heavy atom. The number of cyclic esters (lactones) is 1. The van der Waals surface area contributed by atoms with Gasteiger partial charge < -0.3 is 64.2 Å². The number of hydrogen-bond donors (Lipinski definition) is 6. The molecule has 0 saturated carbocycles. The van der Waals surface area contributed by atoms with Crippen molar-refractivity contribution in [2.24, 2.45) is 17.8 Å². The van der Waals surface area contributed by atoms with Crippen LogP contribution >= 0.6 is 0 Å². The maximum Gasteiger partial charge on any atom is 0.416 e. The lowest BCUT2D eigenvalue weighted by molar-refractivity contribution is -0.336. The zero-order chi connectivity index (χ0) is 50.8. The van der Waals surface area contributed by atoms with Crippen molar-refractivity contribution in [3.63, 3.8) is 0 Å². The molecule has 0 aromatic heterocycles. The first-order chi connectivity index (χ1) is 30.9. The molecule has 3 saturated heterocycles. The number of methoxy groups -OCH3 is 1. The minimum Gasteiger partial charge on any atom is -0.459 e. The van der Waals surface area contributed by atoms with Crippen molar-refractivity contribution < 1.29 is 76.7 Å². The summed E-state index contributed by atoms with van der Waals surface area (Å²) < 4.78 is 77.7. The van der Waals surface area contributed by atoms with Gasteiger partial charge in [0, 0.05) is 45.3 Å². The van der Waals surface area contributed by atoms with Gasteiger partial charge in [-0.25, -0.2) is 4.79 Å². The summed E-state index contributed by atoms with van der Waals surface area (Å²) in [6, 6.07) is 3.75. The summed E-state index contributed by atoms with van der Waals surface area (Å²) in [7, 11) is 4.22. The number of nitrogens with zero attached hydrogens (tertiary/aromatic N) is 3. The number of nitriles is 1. The molecule has 4 rings (SSSR count). The van der Waals surface area contributed by atoms with Crippen LogP contribution in [0.25, 0.3) is 0 Å². The average molecular weight is 961 g/mol. The summed E-state index contributed by atoms with van der Waals surface area (Å²) in [5, 5.41) is 72.5. The zero-order valence-corrected chi connectivity index (χ0v) is 41.1. The van der Waals surface area contributed by atoms with Crippen LogP contribution < -0.4 is 10.2 Å². The van der Waals surface area contributed by atoms with Crippen LogP contribution in [0.1, 0.15) is 107 Å². The van der Waals surface area contributed by atoms with Crippen LogP contribution in [0, 0.1) is 29.1 Å². The number of ether oxygens (including phenoxy) is 6. The van der Waals surface area contributed by atoms with E-state index >= 15 is 0 Å². The first-order valence-electron chi connectivity index (χ1n) is 23.1. The number of carbonyl (C=O) groups is 2. The number of alkyl halides is 3. The van der Waals surface area contributed by atoms with E-state index in [-0.39, 0.29) is 50.3 Å². The molecule has 1 aromatic carbocycles. The number of anilines is 1. The predicted molar refractivity (Wildman–Crippen MR) is 238 cm³/mol. The van der Waals surface area contributed by atoms with Crippen LogP contribution in [-0.4, -0.2) is 160 Å². The second-order valence-corrected chi connectivity index (χ2v) is 19.9. The highest BCUT2D eigenvalue weighted by molar-refractivity contribution is 5.91. The number of amides is 2.